The van der Waals surface area contributed by atoms with Gasteiger partial charge < -0.3 is 10.2 Å². The summed E-state index contributed by atoms with van der Waals surface area (Å²) in [5.41, 5.74) is 1.09. The van der Waals surface area contributed by atoms with E-state index in [-0.39, 0.29) is 29.6 Å². The SMILES string of the molecule is C[C@@H]1CNCCN1C(=O)C1CC1c1ccc(F)cc1. The number of nitrogens with zero attached hydrogens (tertiary/aromatic N) is 1. The number of rotatable bonds is 2. The van der Waals surface area contributed by atoms with Crippen LogP contribution in [0.5, 0.6) is 0 Å². The van der Waals surface area contributed by atoms with Gasteiger partial charge in [0.25, 0.3) is 0 Å². The molecule has 1 aliphatic heterocycles. The van der Waals surface area contributed by atoms with Gasteiger partial charge in [-0.3, -0.25) is 4.79 Å². The Hall–Kier alpha value is -1.42. The fraction of sp³-hybridized carbons (Fsp3) is 0.533. The minimum Gasteiger partial charge on any atom is -0.337 e. The normalized spacial score (nSPS) is 30.2. The first-order valence-corrected chi connectivity index (χ1v) is 6.93. The smallest absolute Gasteiger partial charge is 0.226 e. The van der Waals surface area contributed by atoms with Crippen molar-refractivity contribution in [1.29, 1.82) is 0 Å². The lowest BCUT2D eigenvalue weighted by atomic mass is 10.1. The quantitative estimate of drug-likeness (QED) is 0.880. The first kappa shape index (κ1) is 12.6. The number of hydrogen-bond acceptors (Lipinski definition) is 2. The molecule has 1 N–H and O–H groups in total. The van der Waals surface area contributed by atoms with E-state index in [9.17, 15) is 9.18 Å². The van der Waals surface area contributed by atoms with E-state index in [1.54, 1.807) is 12.1 Å². The van der Waals surface area contributed by atoms with E-state index in [1.165, 1.54) is 12.1 Å². The van der Waals surface area contributed by atoms with Gasteiger partial charge in [0, 0.05) is 31.6 Å². The van der Waals surface area contributed by atoms with Gasteiger partial charge in [-0.2, -0.15) is 0 Å². The highest BCUT2D eigenvalue weighted by Crippen LogP contribution is 2.48. The van der Waals surface area contributed by atoms with Gasteiger partial charge in [-0.1, -0.05) is 12.1 Å². The Morgan fingerprint density at radius 1 is 1.37 bits per heavy atom. The second-order valence-electron chi connectivity index (χ2n) is 5.59. The monoisotopic (exact) mass is 262 g/mol. The molecule has 0 aromatic heterocycles. The molecule has 1 amide bonds. The largest absolute Gasteiger partial charge is 0.337 e. The van der Waals surface area contributed by atoms with Crippen molar-refractivity contribution in [1.82, 2.24) is 10.2 Å². The minimum atomic E-state index is -0.219. The van der Waals surface area contributed by atoms with E-state index in [1.807, 2.05) is 4.90 Å². The van der Waals surface area contributed by atoms with Crippen molar-refractivity contribution in [2.24, 2.45) is 5.92 Å². The maximum absolute atomic E-state index is 12.9. The molecule has 3 nitrogen and oxygen atoms in total. The average molecular weight is 262 g/mol. The van der Waals surface area contributed by atoms with E-state index >= 15 is 0 Å². The summed E-state index contributed by atoms with van der Waals surface area (Å²) in [5, 5.41) is 3.29. The van der Waals surface area contributed by atoms with Gasteiger partial charge in [0.05, 0.1) is 0 Å². The summed E-state index contributed by atoms with van der Waals surface area (Å²) < 4.78 is 12.9. The van der Waals surface area contributed by atoms with Gasteiger partial charge in [0.2, 0.25) is 5.91 Å². The van der Waals surface area contributed by atoms with Gasteiger partial charge in [0.1, 0.15) is 5.82 Å². The minimum absolute atomic E-state index is 0.103. The van der Waals surface area contributed by atoms with Crippen LogP contribution in [0.15, 0.2) is 24.3 Å². The predicted molar refractivity (Wildman–Crippen MR) is 71.3 cm³/mol. The van der Waals surface area contributed by atoms with Crippen LogP contribution in [0.25, 0.3) is 0 Å². The Kier molecular flexibility index (Phi) is 3.27. The molecule has 1 heterocycles. The number of piperazine rings is 1. The third-order valence-corrected chi connectivity index (χ3v) is 4.19. The molecular formula is C15H19FN2O. The Bertz CT molecular complexity index is 474. The van der Waals surface area contributed by atoms with E-state index in [2.05, 4.69) is 12.2 Å². The van der Waals surface area contributed by atoms with Gasteiger partial charge in [-0.15, -0.1) is 0 Å². The summed E-state index contributed by atoms with van der Waals surface area (Å²) in [6, 6.07) is 6.82. The van der Waals surface area contributed by atoms with Gasteiger partial charge >= 0.3 is 0 Å². The van der Waals surface area contributed by atoms with Crippen LogP contribution in [0.1, 0.15) is 24.8 Å². The van der Waals surface area contributed by atoms with Crippen molar-refractivity contribution in [3.05, 3.63) is 35.6 Å². The number of halogens is 1. The van der Waals surface area contributed by atoms with Gasteiger partial charge in [0.15, 0.2) is 0 Å². The van der Waals surface area contributed by atoms with Crippen molar-refractivity contribution in [3.63, 3.8) is 0 Å². The topological polar surface area (TPSA) is 32.3 Å². The van der Waals surface area contributed by atoms with Crippen molar-refractivity contribution < 1.29 is 9.18 Å². The highest BCUT2D eigenvalue weighted by molar-refractivity contribution is 5.83. The highest BCUT2D eigenvalue weighted by Gasteiger charge is 2.46. The van der Waals surface area contributed by atoms with Gasteiger partial charge in [-0.25, -0.2) is 4.39 Å². The molecule has 2 fully saturated rings. The number of nitrogens with one attached hydrogen (secondary N) is 1. The van der Waals surface area contributed by atoms with Crippen LogP contribution >= 0.6 is 0 Å². The average Bonchev–Trinajstić information content (AvgIpc) is 3.20. The molecule has 0 spiro atoms. The zero-order valence-electron chi connectivity index (χ0n) is 11.1. The lowest BCUT2D eigenvalue weighted by molar-refractivity contribution is -0.135. The Balaban J connectivity index is 1.65. The number of benzene rings is 1. The summed E-state index contributed by atoms with van der Waals surface area (Å²) >= 11 is 0. The molecule has 1 saturated heterocycles. The summed E-state index contributed by atoms with van der Waals surface area (Å²) in [6.07, 6.45) is 0.904. The molecule has 2 unspecified atom stereocenters. The van der Waals surface area contributed by atoms with Crippen LogP contribution in [0.3, 0.4) is 0 Å². The van der Waals surface area contributed by atoms with E-state index in [4.69, 9.17) is 0 Å². The maximum atomic E-state index is 12.9. The second-order valence-corrected chi connectivity index (χ2v) is 5.59. The van der Waals surface area contributed by atoms with Crippen LogP contribution in [0.2, 0.25) is 0 Å². The fourth-order valence-electron chi connectivity index (χ4n) is 2.93. The first-order chi connectivity index (χ1) is 9.16. The van der Waals surface area contributed by atoms with Crippen LogP contribution in [-0.4, -0.2) is 36.5 Å². The summed E-state index contributed by atoms with van der Waals surface area (Å²) in [5.74, 6) is 0.438. The molecular weight excluding hydrogens is 243 g/mol. The fourth-order valence-corrected chi connectivity index (χ4v) is 2.93. The number of hydrogen-bond donors (Lipinski definition) is 1. The Labute approximate surface area is 112 Å². The zero-order valence-corrected chi connectivity index (χ0v) is 11.1. The van der Waals surface area contributed by atoms with Crippen LogP contribution in [0, 0.1) is 11.7 Å². The highest BCUT2D eigenvalue weighted by atomic mass is 19.1. The van der Waals surface area contributed by atoms with Crippen LogP contribution in [0.4, 0.5) is 4.39 Å². The van der Waals surface area contributed by atoms with E-state index in [0.717, 1.165) is 31.6 Å². The van der Waals surface area contributed by atoms with Crippen LogP contribution in [-0.2, 0) is 4.79 Å². The molecule has 2 aliphatic rings. The van der Waals surface area contributed by atoms with Crippen molar-refractivity contribution >= 4 is 5.91 Å². The number of carbonyl (C=O) groups excluding carboxylic acids is 1. The molecule has 1 aliphatic carbocycles. The van der Waals surface area contributed by atoms with Crippen LogP contribution < -0.4 is 5.32 Å². The van der Waals surface area contributed by atoms with Crippen molar-refractivity contribution in [2.75, 3.05) is 19.6 Å². The Morgan fingerprint density at radius 3 is 2.79 bits per heavy atom. The predicted octanol–water partition coefficient (Wildman–Crippen LogP) is 1.75. The summed E-state index contributed by atoms with van der Waals surface area (Å²) in [7, 11) is 0. The molecule has 1 aromatic rings. The standard InChI is InChI=1S/C15H19FN2O/c1-10-9-17-6-7-18(10)15(19)14-8-13(14)11-2-4-12(16)5-3-11/h2-5,10,13-14,17H,6-9H2,1H3/t10-,13?,14?/m1/s1. The molecule has 19 heavy (non-hydrogen) atoms. The molecule has 3 atom stereocenters. The molecule has 1 saturated carbocycles. The molecule has 0 radical (unpaired) electrons. The van der Waals surface area contributed by atoms with Crippen molar-refractivity contribution in [3.8, 4) is 0 Å². The number of carbonyl (C=O) groups is 1. The third-order valence-electron chi connectivity index (χ3n) is 4.19. The summed E-state index contributed by atoms with van der Waals surface area (Å²) in [4.78, 5) is 14.4. The Morgan fingerprint density at radius 2 is 2.11 bits per heavy atom. The molecule has 3 rings (SSSR count). The van der Waals surface area contributed by atoms with E-state index in [0.29, 0.717) is 0 Å². The van der Waals surface area contributed by atoms with Gasteiger partial charge in [-0.05, 0) is 37.0 Å². The molecule has 4 heteroatoms. The van der Waals surface area contributed by atoms with Crippen molar-refractivity contribution in [2.45, 2.75) is 25.3 Å². The maximum Gasteiger partial charge on any atom is 0.226 e. The zero-order chi connectivity index (χ0) is 13.4. The van der Waals surface area contributed by atoms with E-state index < -0.39 is 0 Å². The lowest BCUT2D eigenvalue weighted by Gasteiger charge is -2.34. The molecule has 0 bridgehead atoms. The summed E-state index contributed by atoms with van der Waals surface area (Å²) in [6.45, 7) is 4.63. The third kappa shape index (κ3) is 2.50. The molecule has 1 aromatic carbocycles. The second kappa shape index (κ2) is 4.93. The number of amides is 1. The first-order valence-electron chi connectivity index (χ1n) is 6.93. The lowest BCUT2D eigenvalue weighted by Crippen LogP contribution is -2.52. The molecule has 102 valence electrons.